The van der Waals surface area contributed by atoms with Crippen molar-refractivity contribution in [3.05, 3.63) is 0 Å². The zero-order valence-electron chi connectivity index (χ0n) is 11.0. The van der Waals surface area contributed by atoms with Gasteiger partial charge in [-0.25, -0.2) is 13.6 Å². The van der Waals surface area contributed by atoms with Gasteiger partial charge in [0.05, 0.1) is 0 Å². The third-order valence-corrected chi connectivity index (χ3v) is 2.68. The molecule has 19 heavy (non-hydrogen) atoms. The van der Waals surface area contributed by atoms with Crippen molar-refractivity contribution in [3.63, 3.8) is 0 Å². The van der Waals surface area contributed by atoms with Gasteiger partial charge < -0.3 is 15.5 Å². The number of nitrogens with zero attached hydrogens (tertiary/aromatic N) is 1. The molecule has 1 fully saturated rings. The molecule has 0 aromatic rings. The van der Waals surface area contributed by atoms with Crippen molar-refractivity contribution in [1.29, 1.82) is 0 Å². The molecular formula is C11H18F2N2O4. The Bertz CT molecular complexity index is 373. The molecule has 0 saturated heterocycles. The van der Waals surface area contributed by atoms with Gasteiger partial charge in [0.15, 0.2) is 0 Å². The molecule has 1 aliphatic carbocycles. The van der Waals surface area contributed by atoms with Gasteiger partial charge in [-0.3, -0.25) is 9.69 Å². The number of alkyl halides is 2. The molecule has 1 unspecified atom stereocenters. The van der Waals surface area contributed by atoms with Gasteiger partial charge in [-0.15, -0.1) is 0 Å². The van der Waals surface area contributed by atoms with E-state index in [4.69, 9.17) is 5.11 Å². The highest BCUT2D eigenvalue weighted by atomic mass is 19.3. The number of halogens is 2. The average molecular weight is 280 g/mol. The first-order valence-corrected chi connectivity index (χ1v) is 5.82. The molecule has 6 nitrogen and oxygen atoms in total. The quantitative estimate of drug-likeness (QED) is 0.673. The van der Waals surface area contributed by atoms with Crippen LogP contribution in [0.25, 0.3) is 0 Å². The van der Waals surface area contributed by atoms with Crippen molar-refractivity contribution < 1.29 is 28.6 Å². The summed E-state index contributed by atoms with van der Waals surface area (Å²) in [6.07, 6.45) is -4.95. The van der Waals surface area contributed by atoms with E-state index in [-0.39, 0.29) is 0 Å². The van der Waals surface area contributed by atoms with Gasteiger partial charge in [0.2, 0.25) is 6.23 Å². The maximum atomic E-state index is 12.7. The summed E-state index contributed by atoms with van der Waals surface area (Å²) in [6.45, 7) is 4.96. The maximum absolute atomic E-state index is 12.7. The van der Waals surface area contributed by atoms with Crippen LogP contribution in [0.1, 0.15) is 33.6 Å². The Morgan fingerprint density at radius 3 is 2.16 bits per heavy atom. The lowest BCUT2D eigenvalue weighted by atomic mass is 9.87. The van der Waals surface area contributed by atoms with Crippen molar-refractivity contribution in [1.82, 2.24) is 10.2 Å². The zero-order chi connectivity index (χ0) is 15.0. The number of amides is 2. The largest absolute Gasteiger partial charge is 0.465 e. The predicted octanol–water partition coefficient (Wildman–Crippen LogP) is 0.997. The van der Waals surface area contributed by atoms with Gasteiger partial charge in [0.25, 0.3) is 11.8 Å². The third-order valence-electron chi connectivity index (χ3n) is 2.68. The fourth-order valence-electron chi connectivity index (χ4n) is 1.85. The van der Waals surface area contributed by atoms with E-state index in [0.29, 0.717) is 4.90 Å². The summed E-state index contributed by atoms with van der Waals surface area (Å²) in [5, 5.41) is 21.0. The molecule has 1 rings (SSSR count). The van der Waals surface area contributed by atoms with Crippen molar-refractivity contribution >= 4 is 12.0 Å². The molecule has 0 spiro atoms. The van der Waals surface area contributed by atoms with E-state index in [1.807, 2.05) is 0 Å². The molecule has 0 aromatic carbocycles. The number of aliphatic hydroxyl groups is 1. The Morgan fingerprint density at radius 1 is 1.37 bits per heavy atom. The van der Waals surface area contributed by atoms with Gasteiger partial charge in [0, 0.05) is 24.4 Å². The average Bonchev–Trinajstić information content (AvgIpc) is 2.11. The van der Waals surface area contributed by atoms with Gasteiger partial charge in [-0.05, 0) is 20.8 Å². The van der Waals surface area contributed by atoms with Crippen LogP contribution in [0, 0.1) is 0 Å². The third kappa shape index (κ3) is 4.02. The van der Waals surface area contributed by atoms with Crippen molar-refractivity contribution in [2.24, 2.45) is 0 Å². The number of hydrogen-bond donors (Lipinski definition) is 3. The fourth-order valence-corrected chi connectivity index (χ4v) is 1.85. The lowest BCUT2D eigenvalue weighted by molar-refractivity contribution is -0.161. The van der Waals surface area contributed by atoms with Gasteiger partial charge in [-0.2, -0.15) is 0 Å². The van der Waals surface area contributed by atoms with Crippen LogP contribution in [0.2, 0.25) is 0 Å². The summed E-state index contributed by atoms with van der Waals surface area (Å²) in [7, 11) is 0. The number of nitrogens with one attached hydrogen (secondary N) is 1. The molecule has 0 aromatic heterocycles. The molecule has 2 amide bonds. The van der Waals surface area contributed by atoms with Crippen LogP contribution in [-0.4, -0.2) is 50.8 Å². The van der Waals surface area contributed by atoms with Gasteiger partial charge >= 0.3 is 6.09 Å². The van der Waals surface area contributed by atoms with Crippen molar-refractivity contribution in [3.8, 4) is 0 Å². The molecule has 0 bridgehead atoms. The summed E-state index contributed by atoms with van der Waals surface area (Å²) in [5.41, 5.74) is -0.661. The van der Waals surface area contributed by atoms with E-state index in [1.165, 1.54) is 0 Å². The molecule has 0 radical (unpaired) electrons. The standard InChI is InChI=1S/C11H18F2N2O4/c1-10(2,3)14-7(16)8(17)15(9(18)19)6-4-11(12,13)5-6/h6,8,17H,4-5H2,1-3H3,(H,14,16)(H,18,19). The minimum absolute atomic E-state index is 0.373. The molecule has 3 N–H and O–H groups in total. The number of hydrogen-bond acceptors (Lipinski definition) is 3. The first kappa shape index (κ1) is 15.6. The predicted molar refractivity (Wildman–Crippen MR) is 61.7 cm³/mol. The molecule has 110 valence electrons. The van der Waals surface area contributed by atoms with Crippen LogP contribution in [-0.2, 0) is 4.79 Å². The summed E-state index contributed by atoms with van der Waals surface area (Å²) in [4.78, 5) is 23.0. The SMILES string of the molecule is CC(C)(C)NC(=O)C(O)N(C(=O)O)C1CC(F)(F)C1. The Kier molecular flexibility index (Phi) is 4.04. The van der Waals surface area contributed by atoms with Gasteiger partial charge in [-0.1, -0.05) is 0 Å². The summed E-state index contributed by atoms with van der Waals surface area (Å²) in [6, 6.07) is -1.05. The van der Waals surface area contributed by atoms with Crippen LogP contribution >= 0.6 is 0 Å². The van der Waals surface area contributed by atoms with E-state index >= 15 is 0 Å². The second-order valence-corrected chi connectivity index (χ2v) is 5.72. The number of rotatable bonds is 3. The molecule has 1 aliphatic rings. The monoisotopic (exact) mass is 280 g/mol. The Morgan fingerprint density at radius 2 is 1.84 bits per heavy atom. The molecule has 0 aliphatic heterocycles. The normalized spacial score (nSPS) is 20.3. The highest BCUT2D eigenvalue weighted by molar-refractivity contribution is 5.84. The molecule has 1 atom stereocenters. The van der Waals surface area contributed by atoms with E-state index in [1.54, 1.807) is 20.8 Å². The highest BCUT2D eigenvalue weighted by Gasteiger charge is 2.51. The topological polar surface area (TPSA) is 89.9 Å². The molecule has 8 heteroatoms. The Balaban J connectivity index is 2.72. The molecular weight excluding hydrogens is 262 g/mol. The number of carbonyl (C=O) groups is 2. The molecule has 1 saturated carbocycles. The fraction of sp³-hybridized carbons (Fsp3) is 0.818. The second-order valence-electron chi connectivity index (χ2n) is 5.72. The first-order valence-electron chi connectivity index (χ1n) is 5.82. The van der Waals surface area contributed by atoms with Crippen LogP contribution in [0.4, 0.5) is 13.6 Å². The first-order chi connectivity index (χ1) is 8.43. The second kappa shape index (κ2) is 4.92. The lowest BCUT2D eigenvalue weighted by Gasteiger charge is -2.42. The number of carbonyl (C=O) groups excluding carboxylic acids is 1. The van der Waals surface area contributed by atoms with Crippen LogP contribution in [0.3, 0.4) is 0 Å². The highest BCUT2D eigenvalue weighted by Crippen LogP contribution is 2.41. The molecule has 0 heterocycles. The summed E-state index contributed by atoms with van der Waals surface area (Å²) >= 11 is 0. The Hall–Kier alpha value is -1.44. The summed E-state index contributed by atoms with van der Waals surface area (Å²) in [5.74, 6) is -3.86. The smallest absolute Gasteiger partial charge is 0.410 e. The number of carboxylic acid groups (broad SMARTS) is 1. The van der Waals surface area contributed by atoms with Crippen molar-refractivity contribution in [2.75, 3.05) is 0 Å². The Labute approximate surface area is 109 Å². The zero-order valence-corrected chi connectivity index (χ0v) is 11.0. The minimum atomic E-state index is -2.93. The van der Waals surface area contributed by atoms with E-state index in [0.717, 1.165) is 0 Å². The van der Waals surface area contributed by atoms with Crippen LogP contribution in [0.15, 0.2) is 0 Å². The van der Waals surface area contributed by atoms with Crippen LogP contribution < -0.4 is 5.32 Å². The maximum Gasteiger partial charge on any atom is 0.410 e. The summed E-state index contributed by atoms with van der Waals surface area (Å²) < 4.78 is 25.5. The number of aliphatic hydroxyl groups excluding tert-OH is 1. The van der Waals surface area contributed by atoms with Crippen LogP contribution in [0.5, 0.6) is 0 Å². The van der Waals surface area contributed by atoms with Crippen molar-refractivity contribution in [2.45, 2.75) is 57.3 Å². The van der Waals surface area contributed by atoms with E-state index < -0.39 is 48.6 Å². The minimum Gasteiger partial charge on any atom is -0.465 e. The van der Waals surface area contributed by atoms with E-state index in [9.17, 15) is 23.5 Å². The van der Waals surface area contributed by atoms with E-state index in [2.05, 4.69) is 5.32 Å². The lowest BCUT2D eigenvalue weighted by Crippen LogP contribution is -2.61. The van der Waals surface area contributed by atoms with Gasteiger partial charge in [0.1, 0.15) is 0 Å².